The Morgan fingerprint density at radius 2 is 1.85 bits per heavy atom. The summed E-state index contributed by atoms with van der Waals surface area (Å²) in [5.41, 5.74) is 1.40. The van der Waals surface area contributed by atoms with E-state index in [1.807, 2.05) is 0 Å². The van der Waals surface area contributed by atoms with Crippen LogP contribution in [0.4, 0.5) is 5.69 Å². The van der Waals surface area contributed by atoms with Crippen molar-refractivity contribution in [3.63, 3.8) is 0 Å². The number of para-hydroxylation sites is 1. The highest BCUT2D eigenvalue weighted by Crippen LogP contribution is 2.25. The van der Waals surface area contributed by atoms with Gasteiger partial charge in [0, 0.05) is 19.7 Å². The van der Waals surface area contributed by atoms with Crippen LogP contribution in [0.15, 0.2) is 46.9 Å². The Bertz CT molecular complexity index is 855. The summed E-state index contributed by atoms with van der Waals surface area (Å²) < 4.78 is 5.80. The van der Waals surface area contributed by atoms with Crippen molar-refractivity contribution in [1.82, 2.24) is 10.2 Å². The van der Waals surface area contributed by atoms with Crippen molar-refractivity contribution in [2.24, 2.45) is 0 Å². The molecule has 2 N–H and O–H groups in total. The lowest BCUT2D eigenvalue weighted by Gasteiger charge is -2.16. The van der Waals surface area contributed by atoms with Gasteiger partial charge in [0.2, 0.25) is 0 Å². The smallest absolute Gasteiger partial charge is 0.257 e. The van der Waals surface area contributed by atoms with Crippen LogP contribution >= 0.6 is 28.1 Å². The summed E-state index contributed by atoms with van der Waals surface area (Å²) in [6.45, 7) is 0. The minimum absolute atomic E-state index is 0.0981. The second-order valence-corrected chi connectivity index (χ2v) is 6.77. The fraction of sp³-hybridized carbons (Fsp3) is 0.167. The lowest BCUT2D eigenvalue weighted by atomic mass is 10.1. The zero-order valence-electron chi connectivity index (χ0n) is 14.5. The van der Waals surface area contributed by atoms with Gasteiger partial charge in [-0.05, 0) is 58.5 Å². The van der Waals surface area contributed by atoms with E-state index in [4.69, 9.17) is 17.0 Å². The van der Waals surface area contributed by atoms with Crippen LogP contribution in [0.5, 0.6) is 5.75 Å². The van der Waals surface area contributed by atoms with Crippen LogP contribution in [0.3, 0.4) is 0 Å². The SMILES string of the molecule is COc1ccc(C(=O)NC(=S)Nc2ccccc2C(=O)N(C)C)cc1Br. The van der Waals surface area contributed by atoms with Gasteiger partial charge in [0.05, 0.1) is 22.8 Å². The molecule has 0 aliphatic rings. The summed E-state index contributed by atoms with van der Waals surface area (Å²) in [5.74, 6) is 0.0851. The molecular weight excluding hydrogens is 418 g/mol. The minimum atomic E-state index is -0.373. The molecule has 2 aromatic carbocycles. The molecule has 0 radical (unpaired) electrons. The first-order chi connectivity index (χ1) is 12.3. The molecule has 2 aromatic rings. The molecule has 26 heavy (non-hydrogen) atoms. The van der Waals surface area contributed by atoms with Gasteiger partial charge in [0.25, 0.3) is 11.8 Å². The van der Waals surface area contributed by atoms with Crippen molar-refractivity contribution >= 4 is 50.8 Å². The van der Waals surface area contributed by atoms with Gasteiger partial charge in [-0.25, -0.2) is 0 Å². The molecule has 0 aromatic heterocycles. The van der Waals surface area contributed by atoms with Crippen molar-refractivity contribution in [2.75, 3.05) is 26.5 Å². The van der Waals surface area contributed by atoms with Crippen LogP contribution in [0.25, 0.3) is 0 Å². The van der Waals surface area contributed by atoms with Gasteiger partial charge >= 0.3 is 0 Å². The average molecular weight is 436 g/mol. The zero-order valence-corrected chi connectivity index (χ0v) is 16.9. The fourth-order valence-electron chi connectivity index (χ4n) is 2.16. The maximum atomic E-state index is 12.3. The third kappa shape index (κ3) is 4.80. The molecule has 0 aliphatic heterocycles. The molecule has 0 atom stereocenters. The van der Waals surface area contributed by atoms with Crippen LogP contribution in [-0.4, -0.2) is 43.0 Å². The largest absolute Gasteiger partial charge is 0.496 e. The van der Waals surface area contributed by atoms with E-state index in [0.29, 0.717) is 27.0 Å². The van der Waals surface area contributed by atoms with Crippen LogP contribution < -0.4 is 15.4 Å². The number of methoxy groups -OCH3 is 1. The van der Waals surface area contributed by atoms with E-state index in [2.05, 4.69) is 26.6 Å². The van der Waals surface area contributed by atoms with Crippen molar-refractivity contribution in [3.8, 4) is 5.75 Å². The van der Waals surface area contributed by atoms with E-state index in [1.54, 1.807) is 63.7 Å². The molecule has 0 spiro atoms. The quantitative estimate of drug-likeness (QED) is 0.720. The third-order valence-corrected chi connectivity index (χ3v) is 4.28. The summed E-state index contributed by atoms with van der Waals surface area (Å²) in [5, 5.41) is 5.60. The second kappa shape index (κ2) is 8.77. The van der Waals surface area contributed by atoms with Crippen LogP contribution in [0, 0.1) is 0 Å². The van der Waals surface area contributed by atoms with Gasteiger partial charge in [-0.15, -0.1) is 0 Å². The normalized spacial score (nSPS) is 10.0. The first-order valence-electron chi connectivity index (χ1n) is 7.60. The zero-order chi connectivity index (χ0) is 19.3. The number of halogens is 1. The van der Waals surface area contributed by atoms with Crippen LogP contribution in [0.1, 0.15) is 20.7 Å². The van der Waals surface area contributed by atoms with Gasteiger partial charge in [0.1, 0.15) is 5.75 Å². The lowest BCUT2D eigenvalue weighted by Crippen LogP contribution is -2.35. The molecule has 2 rings (SSSR count). The Hall–Kier alpha value is -2.45. The minimum Gasteiger partial charge on any atom is -0.496 e. The Morgan fingerprint density at radius 3 is 2.46 bits per heavy atom. The Balaban J connectivity index is 2.11. The number of ether oxygens (including phenoxy) is 1. The lowest BCUT2D eigenvalue weighted by molar-refractivity contribution is 0.0828. The standard InChI is InChI=1S/C18H18BrN3O3S/c1-22(2)17(24)12-6-4-5-7-14(12)20-18(26)21-16(23)11-8-9-15(25-3)13(19)10-11/h4-10H,1-3H3,(H2,20,21,23,26). The number of nitrogens with one attached hydrogen (secondary N) is 2. The summed E-state index contributed by atoms with van der Waals surface area (Å²) in [6.07, 6.45) is 0. The average Bonchev–Trinajstić information content (AvgIpc) is 2.61. The maximum absolute atomic E-state index is 12.3. The third-order valence-electron chi connectivity index (χ3n) is 3.45. The summed E-state index contributed by atoms with van der Waals surface area (Å²) in [6, 6.07) is 11.9. The van der Waals surface area contributed by atoms with E-state index >= 15 is 0 Å². The molecule has 8 heteroatoms. The molecule has 0 unspecified atom stereocenters. The highest BCUT2D eigenvalue weighted by molar-refractivity contribution is 9.10. The molecule has 0 fully saturated rings. The summed E-state index contributed by atoms with van der Waals surface area (Å²) >= 11 is 8.54. The molecule has 0 saturated heterocycles. The Morgan fingerprint density at radius 1 is 1.15 bits per heavy atom. The molecule has 6 nitrogen and oxygen atoms in total. The molecular formula is C18H18BrN3O3S. The van der Waals surface area contributed by atoms with Gasteiger partial charge in [-0.1, -0.05) is 12.1 Å². The highest BCUT2D eigenvalue weighted by atomic mass is 79.9. The molecule has 0 bridgehead atoms. The van der Waals surface area contributed by atoms with E-state index < -0.39 is 0 Å². The molecule has 136 valence electrons. The number of rotatable bonds is 4. The predicted molar refractivity (Wildman–Crippen MR) is 109 cm³/mol. The topological polar surface area (TPSA) is 70.7 Å². The first kappa shape index (κ1) is 19.9. The predicted octanol–water partition coefficient (Wildman–Crippen LogP) is 3.29. The van der Waals surface area contributed by atoms with Crippen molar-refractivity contribution in [3.05, 3.63) is 58.1 Å². The van der Waals surface area contributed by atoms with E-state index in [0.717, 1.165) is 0 Å². The molecule has 2 amide bonds. The summed E-state index contributed by atoms with van der Waals surface area (Å²) in [7, 11) is 4.88. The van der Waals surface area contributed by atoms with Gasteiger partial charge in [-0.3, -0.25) is 14.9 Å². The van der Waals surface area contributed by atoms with Crippen molar-refractivity contribution in [2.45, 2.75) is 0 Å². The molecule has 0 heterocycles. The second-order valence-electron chi connectivity index (χ2n) is 5.50. The van der Waals surface area contributed by atoms with Gasteiger partial charge in [0.15, 0.2) is 5.11 Å². The Kier molecular flexibility index (Phi) is 6.70. The first-order valence-corrected chi connectivity index (χ1v) is 8.80. The van der Waals surface area contributed by atoms with Crippen LogP contribution in [-0.2, 0) is 0 Å². The summed E-state index contributed by atoms with van der Waals surface area (Å²) in [4.78, 5) is 26.0. The molecule has 0 aliphatic carbocycles. The number of nitrogens with zero attached hydrogens (tertiary/aromatic N) is 1. The fourth-order valence-corrected chi connectivity index (χ4v) is 2.90. The van der Waals surface area contributed by atoms with Crippen molar-refractivity contribution in [1.29, 1.82) is 0 Å². The number of carbonyl (C=O) groups is 2. The van der Waals surface area contributed by atoms with E-state index in [-0.39, 0.29) is 16.9 Å². The van der Waals surface area contributed by atoms with Crippen molar-refractivity contribution < 1.29 is 14.3 Å². The maximum Gasteiger partial charge on any atom is 0.257 e. The Labute approximate surface area is 165 Å². The van der Waals surface area contributed by atoms with E-state index in [1.165, 1.54) is 4.90 Å². The number of thiocarbonyl (C=S) groups is 1. The monoisotopic (exact) mass is 435 g/mol. The number of hydrogen-bond acceptors (Lipinski definition) is 4. The molecule has 0 saturated carbocycles. The number of carbonyl (C=O) groups excluding carboxylic acids is 2. The van der Waals surface area contributed by atoms with E-state index in [9.17, 15) is 9.59 Å². The number of anilines is 1. The highest BCUT2D eigenvalue weighted by Gasteiger charge is 2.15. The number of hydrogen-bond donors (Lipinski definition) is 2. The van der Waals surface area contributed by atoms with Gasteiger partial charge in [-0.2, -0.15) is 0 Å². The van der Waals surface area contributed by atoms with Gasteiger partial charge < -0.3 is 15.0 Å². The number of amides is 2. The van der Waals surface area contributed by atoms with Crippen LogP contribution in [0.2, 0.25) is 0 Å². The number of benzene rings is 2.